The number of ether oxygens (including phenoxy) is 3. The van der Waals surface area contributed by atoms with E-state index in [0.29, 0.717) is 26.4 Å². The number of aliphatic carboxylic acids is 1. The van der Waals surface area contributed by atoms with Gasteiger partial charge in [0.05, 0.1) is 59.2 Å². The Morgan fingerprint density at radius 2 is 1.23 bits per heavy atom. The predicted octanol–water partition coefficient (Wildman–Crippen LogP) is 0.689. The van der Waals surface area contributed by atoms with Crippen LogP contribution < -0.4 is 5.11 Å². The van der Waals surface area contributed by atoms with Gasteiger partial charge < -0.3 is 28.6 Å². The van der Waals surface area contributed by atoms with Crippen molar-refractivity contribution in [2.45, 2.75) is 34.1 Å². The van der Waals surface area contributed by atoms with Crippen LogP contribution in [0.3, 0.4) is 0 Å². The molecule has 0 saturated heterocycles. The third-order valence-corrected chi connectivity index (χ3v) is 3.94. The summed E-state index contributed by atoms with van der Waals surface area (Å²) in [5.74, 6) is -1.10. The Kier molecular flexibility index (Phi) is 17.9. The third-order valence-electron chi connectivity index (χ3n) is 3.94. The Labute approximate surface area is 135 Å². The second-order valence-corrected chi connectivity index (χ2v) is 4.95. The fraction of sp³-hybridized carbons (Fsp3) is 0.938. The molecule has 0 rings (SSSR count). The van der Waals surface area contributed by atoms with Gasteiger partial charge in [0.1, 0.15) is 0 Å². The van der Waals surface area contributed by atoms with Crippen molar-refractivity contribution >= 4 is 5.97 Å². The zero-order valence-electron chi connectivity index (χ0n) is 15.1. The number of quaternary nitrogens is 1. The van der Waals surface area contributed by atoms with E-state index in [4.69, 9.17) is 14.2 Å². The fourth-order valence-corrected chi connectivity index (χ4v) is 1.96. The van der Waals surface area contributed by atoms with E-state index in [-0.39, 0.29) is 13.0 Å². The van der Waals surface area contributed by atoms with Gasteiger partial charge in [0.15, 0.2) is 0 Å². The van der Waals surface area contributed by atoms with Crippen molar-refractivity contribution in [1.82, 2.24) is 0 Å². The predicted molar refractivity (Wildman–Crippen MR) is 85.6 cm³/mol. The van der Waals surface area contributed by atoms with E-state index in [1.54, 1.807) is 7.11 Å². The molecule has 0 aliphatic heterocycles. The molecule has 0 bridgehead atoms. The van der Waals surface area contributed by atoms with Crippen LogP contribution in [0.4, 0.5) is 0 Å². The summed E-state index contributed by atoms with van der Waals surface area (Å²) < 4.78 is 16.0. The van der Waals surface area contributed by atoms with Crippen molar-refractivity contribution in [3.05, 3.63) is 0 Å². The maximum atomic E-state index is 9.93. The molecule has 0 aromatic rings. The van der Waals surface area contributed by atoms with Crippen molar-refractivity contribution in [2.75, 3.05) is 66.3 Å². The van der Waals surface area contributed by atoms with E-state index in [0.717, 1.165) is 0 Å². The first-order valence-corrected chi connectivity index (χ1v) is 8.21. The molecule has 0 aliphatic carbocycles. The highest BCUT2D eigenvalue weighted by Gasteiger charge is 2.16. The van der Waals surface area contributed by atoms with E-state index in [1.165, 1.54) is 30.7 Å². The molecule has 6 heteroatoms. The van der Waals surface area contributed by atoms with Crippen molar-refractivity contribution in [3.63, 3.8) is 0 Å². The number of nitrogens with zero attached hydrogens (tertiary/aromatic N) is 1. The van der Waals surface area contributed by atoms with E-state index in [1.807, 2.05) is 0 Å². The van der Waals surface area contributed by atoms with Crippen LogP contribution in [0.5, 0.6) is 0 Å². The molecule has 0 spiro atoms. The van der Waals surface area contributed by atoms with Crippen LogP contribution in [-0.4, -0.2) is 76.8 Å². The van der Waals surface area contributed by atoms with Gasteiger partial charge in [-0.05, 0) is 27.7 Å². The van der Waals surface area contributed by atoms with Crippen molar-refractivity contribution in [2.24, 2.45) is 0 Å². The van der Waals surface area contributed by atoms with E-state index >= 15 is 0 Å². The Morgan fingerprint density at radius 1 is 0.818 bits per heavy atom. The lowest BCUT2D eigenvalue weighted by atomic mass is 10.3. The number of carboxylic acids is 1. The van der Waals surface area contributed by atoms with Crippen LogP contribution in [0.15, 0.2) is 0 Å². The summed E-state index contributed by atoms with van der Waals surface area (Å²) in [4.78, 5) is 9.93. The number of hydrogen-bond donors (Lipinski definition) is 0. The molecule has 0 atom stereocenters. The first-order valence-electron chi connectivity index (χ1n) is 8.21. The van der Waals surface area contributed by atoms with Crippen LogP contribution >= 0.6 is 0 Å². The van der Waals surface area contributed by atoms with E-state index in [2.05, 4.69) is 27.7 Å². The zero-order valence-corrected chi connectivity index (χ0v) is 15.1. The molecule has 0 amide bonds. The monoisotopic (exact) mass is 321 g/mol. The van der Waals surface area contributed by atoms with E-state index < -0.39 is 5.97 Å². The SMILES string of the molecule is CC[N+](CC)(CC)CC.COCCOCCOCCC(=O)[O-]. The number of methoxy groups -OCH3 is 1. The summed E-state index contributed by atoms with van der Waals surface area (Å²) in [5.41, 5.74) is 0. The maximum Gasteiger partial charge on any atom is 0.0757 e. The Balaban J connectivity index is 0. The first-order chi connectivity index (χ1) is 10.5. The van der Waals surface area contributed by atoms with Gasteiger partial charge in [-0.25, -0.2) is 0 Å². The number of carboxylic acid groups (broad SMARTS) is 1. The van der Waals surface area contributed by atoms with Gasteiger partial charge in [0.25, 0.3) is 0 Å². The standard InChI is InChI=1S/C8H20N.C8H16O5/c1-5-9(6-2,7-3)8-4;1-11-4-5-13-7-6-12-3-2-8(9)10/h5-8H2,1-4H3;2-7H2,1H3,(H,9,10)/q+1;/p-1. The summed E-state index contributed by atoms with van der Waals surface area (Å²) in [6, 6.07) is 0. The minimum atomic E-state index is -1.10. The van der Waals surface area contributed by atoms with Crippen molar-refractivity contribution in [3.8, 4) is 0 Å². The molecular formula is C16H35NO5. The summed E-state index contributed by atoms with van der Waals surface area (Å²) in [7, 11) is 1.60. The highest BCUT2D eigenvalue weighted by atomic mass is 16.5. The molecule has 134 valence electrons. The molecule has 0 radical (unpaired) electrons. The Bertz CT molecular complexity index is 227. The van der Waals surface area contributed by atoms with Gasteiger partial charge in [-0.2, -0.15) is 0 Å². The van der Waals surface area contributed by atoms with Crippen LogP contribution in [0.1, 0.15) is 34.1 Å². The zero-order chi connectivity index (χ0) is 17.3. The summed E-state index contributed by atoms with van der Waals surface area (Å²) in [6.45, 7) is 16.3. The Hall–Kier alpha value is -0.690. The molecule has 0 unspecified atom stereocenters. The summed E-state index contributed by atoms with van der Waals surface area (Å²) in [6.07, 6.45) is -0.0714. The fourth-order valence-electron chi connectivity index (χ4n) is 1.96. The molecule has 0 aliphatic rings. The van der Waals surface area contributed by atoms with E-state index in [9.17, 15) is 9.90 Å². The average molecular weight is 321 g/mol. The topological polar surface area (TPSA) is 67.8 Å². The number of rotatable bonds is 13. The molecule has 22 heavy (non-hydrogen) atoms. The second kappa shape index (κ2) is 16.7. The van der Waals surface area contributed by atoms with Crippen molar-refractivity contribution in [1.29, 1.82) is 0 Å². The average Bonchev–Trinajstić information content (AvgIpc) is 2.53. The number of hydrogen-bond acceptors (Lipinski definition) is 5. The Morgan fingerprint density at radius 3 is 1.55 bits per heavy atom. The summed E-state index contributed by atoms with van der Waals surface area (Å²) >= 11 is 0. The smallest absolute Gasteiger partial charge is 0.0757 e. The van der Waals surface area contributed by atoms with Crippen LogP contribution in [0.2, 0.25) is 0 Å². The highest BCUT2D eigenvalue weighted by Crippen LogP contribution is 2.03. The van der Waals surface area contributed by atoms with Crippen molar-refractivity contribution < 1.29 is 28.6 Å². The minimum absolute atomic E-state index is 0.0714. The maximum absolute atomic E-state index is 9.93. The molecule has 0 fully saturated rings. The lowest BCUT2D eigenvalue weighted by molar-refractivity contribution is -0.921. The van der Waals surface area contributed by atoms with Crippen LogP contribution in [0, 0.1) is 0 Å². The molecule has 0 heterocycles. The summed E-state index contributed by atoms with van der Waals surface area (Å²) in [5, 5.41) is 9.93. The van der Waals surface area contributed by atoms with Crippen LogP contribution in [-0.2, 0) is 19.0 Å². The second-order valence-electron chi connectivity index (χ2n) is 4.95. The van der Waals surface area contributed by atoms with Gasteiger partial charge in [-0.3, -0.25) is 0 Å². The molecule has 0 N–H and O–H groups in total. The number of carbonyl (C=O) groups is 1. The normalized spacial score (nSPS) is 11.0. The molecule has 0 saturated carbocycles. The van der Waals surface area contributed by atoms with Gasteiger partial charge in [-0.15, -0.1) is 0 Å². The quantitative estimate of drug-likeness (QED) is 0.369. The lowest BCUT2D eigenvalue weighted by Crippen LogP contribution is -2.47. The molecule has 0 aromatic carbocycles. The van der Waals surface area contributed by atoms with Crippen LogP contribution in [0.25, 0.3) is 0 Å². The number of carbonyl (C=O) groups excluding carboxylic acids is 1. The van der Waals surface area contributed by atoms with Gasteiger partial charge in [0, 0.05) is 19.5 Å². The van der Waals surface area contributed by atoms with Gasteiger partial charge in [-0.1, -0.05) is 0 Å². The highest BCUT2D eigenvalue weighted by molar-refractivity contribution is 5.64. The third kappa shape index (κ3) is 14.3. The van der Waals surface area contributed by atoms with Gasteiger partial charge >= 0.3 is 0 Å². The molecular weight excluding hydrogens is 286 g/mol. The minimum Gasteiger partial charge on any atom is -0.550 e. The first kappa shape index (κ1) is 23.6. The molecule has 0 aromatic heterocycles. The largest absolute Gasteiger partial charge is 0.550 e. The molecule has 6 nitrogen and oxygen atoms in total. The van der Waals surface area contributed by atoms with Gasteiger partial charge in [0.2, 0.25) is 0 Å². The lowest BCUT2D eigenvalue weighted by Gasteiger charge is -2.34.